The highest BCUT2D eigenvalue weighted by Gasteiger charge is 2.15. The molecule has 1 rings (SSSR count). The third-order valence-electron chi connectivity index (χ3n) is 2.81. The van der Waals surface area contributed by atoms with Crippen LogP contribution in [0.3, 0.4) is 0 Å². The van der Waals surface area contributed by atoms with Crippen molar-refractivity contribution in [1.29, 1.82) is 0 Å². The standard InChI is InChI=1S/C11H24N2O/c1-3-11-10-13(7-5-6-12-11)8-9-14-4-2/h11-12H,3-10H2,1-2H3. The molecule has 1 saturated heterocycles. The van der Waals surface area contributed by atoms with Crippen molar-refractivity contribution in [1.82, 2.24) is 10.2 Å². The van der Waals surface area contributed by atoms with Crippen LogP contribution >= 0.6 is 0 Å². The van der Waals surface area contributed by atoms with Gasteiger partial charge in [-0.25, -0.2) is 0 Å². The topological polar surface area (TPSA) is 24.5 Å². The smallest absolute Gasteiger partial charge is 0.0593 e. The Balaban J connectivity index is 2.20. The van der Waals surface area contributed by atoms with Crippen molar-refractivity contribution in [2.24, 2.45) is 0 Å². The van der Waals surface area contributed by atoms with Gasteiger partial charge in [0, 0.05) is 25.7 Å². The largest absolute Gasteiger partial charge is 0.380 e. The van der Waals surface area contributed by atoms with Gasteiger partial charge in [-0.1, -0.05) is 6.92 Å². The fourth-order valence-corrected chi connectivity index (χ4v) is 1.89. The fourth-order valence-electron chi connectivity index (χ4n) is 1.89. The van der Waals surface area contributed by atoms with Gasteiger partial charge in [-0.2, -0.15) is 0 Å². The Morgan fingerprint density at radius 3 is 3.00 bits per heavy atom. The number of ether oxygens (including phenoxy) is 1. The van der Waals surface area contributed by atoms with Crippen molar-refractivity contribution in [3.05, 3.63) is 0 Å². The summed E-state index contributed by atoms with van der Waals surface area (Å²) in [6, 6.07) is 0.680. The third kappa shape index (κ3) is 4.40. The predicted molar refractivity (Wildman–Crippen MR) is 59.6 cm³/mol. The molecule has 3 heteroatoms. The molecule has 0 amide bonds. The molecule has 0 radical (unpaired) electrons. The number of nitrogens with one attached hydrogen (secondary N) is 1. The van der Waals surface area contributed by atoms with Gasteiger partial charge in [0.05, 0.1) is 6.61 Å². The number of rotatable bonds is 5. The van der Waals surface area contributed by atoms with Gasteiger partial charge in [-0.05, 0) is 32.9 Å². The van der Waals surface area contributed by atoms with Crippen molar-refractivity contribution in [3.63, 3.8) is 0 Å². The minimum atomic E-state index is 0.680. The van der Waals surface area contributed by atoms with Gasteiger partial charge in [0.25, 0.3) is 0 Å². The summed E-state index contributed by atoms with van der Waals surface area (Å²) in [4.78, 5) is 2.52. The molecule has 1 atom stereocenters. The van der Waals surface area contributed by atoms with E-state index in [1.807, 2.05) is 0 Å². The number of hydrogen-bond donors (Lipinski definition) is 1. The van der Waals surface area contributed by atoms with Crippen LogP contribution in [0.2, 0.25) is 0 Å². The lowest BCUT2D eigenvalue weighted by atomic mass is 10.2. The second-order valence-corrected chi connectivity index (χ2v) is 3.91. The lowest BCUT2D eigenvalue weighted by molar-refractivity contribution is 0.112. The van der Waals surface area contributed by atoms with E-state index >= 15 is 0 Å². The summed E-state index contributed by atoms with van der Waals surface area (Å²) in [5.41, 5.74) is 0. The Bertz CT molecular complexity index is 141. The van der Waals surface area contributed by atoms with Gasteiger partial charge < -0.3 is 10.1 Å². The maximum absolute atomic E-state index is 5.38. The van der Waals surface area contributed by atoms with Crippen molar-refractivity contribution in [3.8, 4) is 0 Å². The first kappa shape index (κ1) is 12.0. The highest BCUT2D eigenvalue weighted by Crippen LogP contribution is 2.02. The quantitative estimate of drug-likeness (QED) is 0.673. The molecule has 1 heterocycles. The second kappa shape index (κ2) is 7.21. The van der Waals surface area contributed by atoms with Gasteiger partial charge in [-0.15, -0.1) is 0 Å². The monoisotopic (exact) mass is 200 g/mol. The van der Waals surface area contributed by atoms with Crippen molar-refractivity contribution in [2.75, 3.05) is 39.4 Å². The van der Waals surface area contributed by atoms with Crippen LogP contribution < -0.4 is 5.32 Å². The SMILES string of the molecule is CCOCCN1CCCNC(CC)C1. The predicted octanol–water partition coefficient (Wildman–Crippen LogP) is 1.10. The fraction of sp³-hybridized carbons (Fsp3) is 1.00. The lowest BCUT2D eigenvalue weighted by Crippen LogP contribution is -2.38. The van der Waals surface area contributed by atoms with Crippen LogP contribution in [0.1, 0.15) is 26.7 Å². The normalized spacial score (nSPS) is 24.9. The van der Waals surface area contributed by atoms with E-state index in [4.69, 9.17) is 4.74 Å². The summed E-state index contributed by atoms with van der Waals surface area (Å²) in [6.45, 7) is 10.7. The average molecular weight is 200 g/mol. The van der Waals surface area contributed by atoms with Gasteiger partial charge in [0.2, 0.25) is 0 Å². The van der Waals surface area contributed by atoms with E-state index in [0.29, 0.717) is 6.04 Å². The molecule has 1 N–H and O–H groups in total. The molecule has 1 aliphatic heterocycles. The van der Waals surface area contributed by atoms with Crippen LogP contribution in [0, 0.1) is 0 Å². The molecule has 0 spiro atoms. The van der Waals surface area contributed by atoms with Gasteiger partial charge >= 0.3 is 0 Å². The molecule has 1 fully saturated rings. The molecule has 84 valence electrons. The molecule has 0 aromatic carbocycles. The van der Waals surface area contributed by atoms with E-state index < -0.39 is 0 Å². The Labute approximate surface area is 87.8 Å². The molecular formula is C11H24N2O. The van der Waals surface area contributed by atoms with E-state index in [1.54, 1.807) is 0 Å². The second-order valence-electron chi connectivity index (χ2n) is 3.91. The van der Waals surface area contributed by atoms with E-state index in [0.717, 1.165) is 19.8 Å². The number of nitrogens with zero attached hydrogens (tertiary/aromatic N) is 1. The van der Waals surface area contributed by atoms with E-state index in [-0.39, 0.29) is 0 Å². The molecule has 0 aliphatic carbocycles. The Morgan fingerprint density at radius 2 is 2.29 bits per heavy atom. The highest BCUT2D eigenvalue weighted by molar-refractivity contribution is 4.75. The maximum Gasteiger partial charge on any atom is 0.0593 e. The summed E-state index contributed by atoms with van der Waals surface area (Å²) in [5, 5.41) is 3.57. The Kier molecular flexibility index (Phi) is 6.15. The molecule has 3 nitrogen and oxygen atoms in total. The summed E-state index contributed by atoms with van der Waals surface area (Å²) in [7, 11) is 0. The first-order chi connectivity index (χ1) is 6.86. The molecule has 1 unspecified atom stereocenters. The molecule has 0 saturated carbocycles. The third-order valence-corrected chi connectivity index (χ3v) is 2.81. The molecular weight excluding hydrogens is 176 g/mol. The summed E-state index contributed by atoms with van der Waals surface area (Å²) >= 11 is 0. The number of hydrogen-bond acceptors (Lipinski definition) is 3. The molecule has 0 aromatic heterocycles. The highest BCUT2D eigenvalue weighted by atomic mass is 16.5. The van der Waals surface area contributed by atoms with Crippen molar-refractivity contribution < 1.29 is 4.74 Å². The summed E-state index contributed by atoms with van der Waals surface area (Å²) < 4.78 is 5.38. The van der Waals surface area contributed by atoms with Crippen LogP contribution in [-0.4, -0.2) is 50.3 Å². The lowest BCUT2D eigenvalue weighted by Gasteiger charge is -2.23. The van der Waals surface area contributed by atoms with Gasteiger partial charge in [0.1, 0.15) is 0 Å². The first-order valence-corrected chi connectivity index (χ1v) is 5.90. The summed E-state index contributed by atoms with van der Waals surface area (Å²) in [6.07, 6.45) is 2.49. The minimum absolute atomic E-state index is 0.680. The molecule has 1 aliphatic rings. The molecule has 0 bridgehead atoms. The maximum atomic E-state index is 5.38. The zero-order valence-corrected chi connectivity index (χ0v) is 9.59. The first-order valence-electron chi connectivity index (χ1n) is 5.90. The Morgan fingerprint density at radius 1 is 1.43 bits per heavy atom. The average Bonchev–Trinajstić information content (AvgIpc) is 2.43. The van der Waals surface area contributed by atoms with E-state index in [1.165, 1.54) is 32.5 Å². The van der Waals surface area contributed by atoms with E-state index in [2.05, 4.69) is 24.1 Å². The van der Waals surface area contributed by atoms with Gasteiger partial charge in [0.15, 0.2) is 0 Å². The van der Waals surface area contributed by atoms with Crippen LogP contribution in [0.25, 0.3) is 0 Å². The van der Waals surface area contributed by atoms with Crippen LogP contribution in [-0.2, 0) is 4.74 Å². The van der Waals surface area contributed by atoms with Gasteiger partial charge in [-0.3, -0.25) is 4.90 Å². The van der Waals surface area contributed by atoms with Crippen LogP contribution in [0.4, 0.5) is 0 Å². The van der Waals surface area contributed by atoms with Crippen LogP contribution in [0.5, 0.6) is 0 Å². The molecule has 0 aromatic rings. The van der Waals surface area contributed by atoms with Crippen LogP contribution in [0.15, 0.2) is 0 Å². The van der Waals surface area contributed by atoms with Crippen molar-refractivity contribution in [2.45, 2.75) is 32.7 Å². The molecule has 14 heavy (non-hydrogen) atoms. The minimum Gasteiger partial charge on any atom is -0.380 e. The van der Waals surface area contributed by atoms with E-state index in [9.17, 15) is 0 Å². The summed E-state index contributed by atoms with van der Waals surface area (Å²) in [5.74, 6) is 0. The zero-order valence-electron chi connectivity index (χ0n) is 9.59. The zero-order chi connectivity index (χ0) is 10.2. The van der Waals surface area contributed by atoms with Crippen molar-refractivity contribution >= 4 is 0 Å². The Hall–Kier alpha value is -0.120.